The second kappa shape index (κ2) is 5.86. The molecule has 0 amide bonds. The molecule has 0 fully saturated rings. The van der Waals surface area contributed by atoms with Gasteiger partial charge in [-0.2, -0.15) is 13.2 Å². The highest BCUT2D eigenvalue weighted by atomic mass is 19.4. The summed E-state index contributed by atoms with van der Waals surface area (Å²) in [5, 5.41) is 10.9. The number of rotatable bonds is 5. The predicted molar refractivity (Wildman–Crippen MR) is 60.1 cm³/mol. The van der Waals surface area contributed by atoms with Crippen LogP contribution >= 0.6 is 0 Å². The maximum atomic E-state index is 12.9. The van der Waals surface area contributed by atoms with Crippen molar-refractivity contribution in [2.45, 2.75) is 31.6 Å². The molecule has 0 bridgehead atoms. The van der Waals surface area contributed by atoms with Gasteiger partial charge in [0.1, 0.15) is 12.1 Å². The van der Waals surface area contributed by atoms with Crippen molar-refractivity contribution in [3.05, 3.63) is 35.9 Å². The van der Waals surface area contributed by atoms with E-state index in [4.69, 9.17) is 5.11 Å². The van der Waals surface area contributed by atoms with Crippen molar-refractivity contribution >= 4 is 5.97 Å². The van der Waals surface area contributed by atoms with Crippen LogP contribution in [0.4, 0.5) is 13.2 Å². The molecule has 18 heavy (non-hydrogen) atoms. The molecule has 0 aromatic heterocycles. The van der Waals surface area contributed by atoms with E-state index in [0.717, 1.165) is 0 Å². The van der Waals surface area contributed by atoms with E-state index < -0.39 is 24.2 Å². The largest absolute Gasteiger partial charge is 0.480 e. The van der Waals surface area contributed by atoms with Crippen LogP contribution in [0, 0.1) is 0 Å². The van der Waals surface area contributed by atoms with Crippen LogP contribution < -0.4 is 5.32 Å². The molecule has 1 aromatic carbocycles. The second-order valence-electron chi connectivity index (χ2n) is 3.85. The van der Waals surface area contributed by atoms with Gasteiger partial charge in [-0.1, -0.05) is 37.3 Å². The normalized spacial score (nSPS) is 15.1. The number of hydrogen-bond donors (Lipinski definition) is 2. The van der Waals surface area contributed by atoms with Gasteiger partial charge in [-0.05, 0) is 12.0 Å². The van der Waals surface area contributed by atoms with E-state index in [2.05, 4.69) is 5.32 Å². The Morgan fingerprint density at radius 3 is 2.28 bits per heavy atom. The fourth-order valence-electron chi connectivity index (χ4n) is 1.59. The Balaban J connectivity index is 2.97. The summed E-state index contributed by atoms with van der Waals surface area (Å²) in [7, 11) is 0. The Morgan fingerprint density at radius 2 is 1.89 bits per heavy atom. The minimum atomic E-state index is -4.54. The summed E-state index contributed by atoms with van der Waals surface area (Å²) in [4.78, 5) is 10.8. The van der Waals surface area contributed by atoms with E-state index in [9.17, 15) is 18.0 Å². The zero-order chi connectivity index (χ0) is 13.8. The fourth-order valence-corrected chi connectivity index (χ4v) is 1.59. The Labute approximate surface area is 103 Å². The topological polar surface area (TPSA) is 49.3 Å². The third-order valence-electron chi connectivity index (χ3n) is 2.53. The molecule has 1 rings (SSSR count). The molecular weight excluding hydrogens is 247 g/mol. The molecule has 0 aliphatic rings. The summed E-state index contributed by atoms with van der Waals surface area (Å²) in [6.07, 6.45) is -4.46. The molecule has 0 saturated carbocycles. The van der Waals surface area contributed by atoms with Crippen molar-refractivity contribution in [3.8, 4) is 0 Å². The number of hydrogen-bond acceptors (Lipinski definition) is 2. The third kappa shape index (κ3) is 3.73. The number of benzene rings is 1. The van der Waals surface area contributed by atoms with Crippen molar-refractivity contribution in [3.63, 3.8) is 0 Å². The van der Waals surface area contributed by atoms with Crippen molar-refractivity contribution in [2.24, 2.45) is 0 Å². The highest BCUT2D eigenvalue weighted by Crippen LogP contribution is 2.33. The van der Waals surface area contributed by atoms with E-state index in [1.807, 2.05) is 0 Å². The lowest BCUT2D eigenvalue weighted by molar-refractivity contribution is -0.163. The molecule has 0 heterocycles. The molecular formula is C12H14F3NO2. The number of aliphatic carboxylic acids is 1. The van der Waals surface area contributed by atoms with E-state index in [1.54, 1.807) is 6.07 Å². The van der Waals surface area contributed by atoms with Gasteiger partial charge in [-0.3, -0.25) is 10.1 Å². The molecule has 0 aliphatic heterocycles. The van der Waals surface area contributed by atoms with Crippen molar-refractivity contribution in [1.82, 2.24) is 5.32 Å². The Kier molecular flexibility index (Phi) is 4.72. The SMILES string of the molecule is CC[C@H](N[C@@H](c1ccccc1)C(F)(F)F)C(=O)O. The Bertz CT molecular complexity index is 392. The first kappa shape index (κ1) is 14.5. The number of halogens is 3. The lowest BCUT2D eigenvalue weighted by Crippen LogP contribution is -2.44. The fraction of sp³-hybridized carbons (Fsp3) is 0.417. The second-order valence-corrected chi connectivity index (χ2v) is 3.85. The molecule has 2 atom stereocenters. The number of carbonyl (C=O) groups is 1. The molecule has 0 aliphatic carbocycles. The van der Waals surface area contributed by atoms with Gasteiger partial charge in [-0.25, -0.2) is 0 Å². The molecule has 0 radical (unpaired) electrons. The zero-order valence-corrected chi connectivity index (χ0v) is 9.74. The summed E-state index contributed by atoms with van der Waals surface area (Å²) in [5.74, 6) is -1.29. The highest BCUT2D eigenvalue weighted by molar-refractivity contribution is 5.73. The molecule has 0 spiro atoms. The zero-order valence-electron chi connectivity index (χ0n) is 9.74. The van der Waals surface area contributed by atoms with Crippen molar-refractivity contribution in [1.29, 1.82) is 0 Å². The van der Waals surface area contributed by atoms with Crippen LogP contribution in [0.2, 0.25) is 0 Å². The Morgan fingerprint density at radius 1 is 1.33 bits per heavy atom. The number of nitrogens with one attached hydrogen (secondary N) is 1. The Hall–Kier alpha value is -1.56. The van der Waals surface area contributed by atoms with Crippen LogP contribution in [0.15, 0.2) is 30.3 Å². The first-order chi connectivity index (χ1) is 8.36. The quantitative estimate of drug-likeness (QED) is 0.856. The smallest absolute Gasteiger partial charge is 0.407 e. The lowest BCUT2D eigenvalue weighted by Gasteiger charge is -2.25. The predicted octanol–water partition coefficient (Wildman–Crippen LogP) is 2.74. The van der Waals surface area contributed by atoms with Gasteiger partial charge >= 0.3 is 12.1 Å². The standard InChI is InChI=1S/C12H14F3NO2/c1-2-9(11(17)18)16-10(12(13,14)15)8-6-4-3-5-7-8/h3-7,9-10,16H,2H2,1H3,(H,17,18)/t9-,10-/m0/s1. The van der Waals surface area contributed by atoms with E-state index >= 15 is 0 Å². The molecule has 1 aromatic rings. The van der Waals surface area contributed by atoms with Gasteiger partial charge in [0.05, 0.1) is 0 Å². The summed E-state index contributed by atoms with van der Waals surface area (Å²) in [6.45, 7) is 1.52. The number of carboxylic acids is 1. The molecule has 6 heteroatoms. The van der Waals surface area contributed by atoms with Gasteiger partial charge in [0.15, 0.2) is 0 Å². The maximum absolute atomic E-state index is 12.9. The molecule has 0 unspecified atom stereocenters. The third-order valence-corrected chi connectivity index (χ3v) is 2.53. The average Bonchev–Trinajstić information content (AvgIpc) is 2.29. The van der Waals surface area contributed by atoms with Crippen LogP contribution in [-0.4, -0.2) is 23.3 Å². The van der Waals surface area contributed by atoms with Gasteiger partial charge in [0.25, 0.3) is 0 Å². The molecule has 0 saturated heterocycles. The van der Waals surface area contributed by atoms with Gasteiger partial charge in [-0.15, -0.1) is 0 Å². The molecule has 100 valence electrons. The van der Waals surface area contributed by atoms with Crippen molar-refractivity contribution < 1.29 is 23.1 Å². The molecule has 2 N–H and O–H groups in total. The minimum absolute atomic E-state index is 0.00435. The van der Waals surface area contributed by atoms with Crippen LogP contribution in [0.1, 0.15) is 24.9 Å². The van der Waals surface area contributed by atoms with Crippen LogP contribution in [-0.2, 0) is 4.79 Å². The minimum Gasteiger partial charge on any atom is -0.480 e. The lowest BCUT2D eigenvalue weighted by atomic mass is 10.0. The first-order valence-corrected chi connectivity index (χ1v) is 5.46. The van der Waals surface area contributed by atoms with Gasteiger partial charge in [0.2, 0.25) is 0 Å². The monoisotopic (exact) mass is 261 g/mol. The molecule has 3 nitrogen and oxygen atoms in total. The van der Waals surface area contributed by atoms with Crippen LogP contribution in [0.5, 0.6) is 0 Å². The van der Waals surface area contributed by atoms with E-state index in [-0.39, 0.29) is 12.0 Å². The van der Waals surface area contributed by atoms with E-state index in [1.165, 1.54) is 31.2 Å². The average molecular weight is 261 g/mol. The summed E-state index contributed by atoms with van der Waals surface area (Å²) in [5.41, 5.74) is 0.00435. The van der Waals surface area contributed by atoms with Crippen LogP contribution in [0.3, 0.4) is 0 Å². The van der Waals surface area contributed by atoms with Gasteiger partial charge < -0.3 is 5.11 Å². The maximum Gasteiger partial charge on any atom is 0.407 e. The van der Waals surface area contributed by atoms with Crippen LogP contribution in [0.25, 0.3) is 0 Å². The first-order valence-electron chi connectivity index (χ1n) is 5.46. The van der Waals surface area contributed by atoms with Crippen molar-refractivity contribution in [2.75, 3.05) is 0 Å². The highest BCUT2D eigenvalue weighted by Gasteiger charge is 2.42. The number of carboxylic acid groups (broad SMARTS) is 1. The number of alkyl halides is 3. The van der Waals surface area contributed by atoms with E-state index in [0.29, 0.717) is 0 Å². The van der Waals surface area contributed by atoms with Gasteiger partial charge in [0, 0.05) is 0 Å². The summed E-state index contributed by atoms with van der Waals surface area (Å²) >= 11 is 0. The summed E-state index contributed by atoms with van der Waals surface area (Å²) in [6, 6.07) is 4.01. The summed E-state index contributed by atoms with van der Waals surface area (Å²) < 4.78 is 38.7.